The lowest BCUT2D eigenvalue weighted by Crippen LogP contribution is -2.59. The number of fused-ring (bicyclic) bond motifs is 5. The highest BCUT2D eigenvalue weighted by molar-refractivity contribution is 5.93. The Balaban J connectivity index is 1.46. The summed E-state index contributed by atoms with van der Waals surface area (Å²) in [6, 6.07) is 0. The van der Waals surface area contributed by atoms with Crippen molar-refractivity contribution in [3.05, 3.63) is 23.8 Å². The second kappa shape index (κ2) is 7.84. The van der Waals surface area contributed by atoms with Gasteiger partial charge in [0.05, 0.1) is 23.0 Å². The summed E-state index contributed by atoms with van der Waals surface area (Å²) in [5, 5.41) is 33.9. The first-order valence-electron chi connectivity index (χ1n) is 12.6. The Morgan fingerprint density at radius 2 is 1.91 bits per heavy atom. The highest BCUT2D eigenvalue weighted by atomic mass is 16.6. The maximum Gasteiger partial charge on any atom is 0.309 e. The van der Waals surface area contributed by atoms with Gasteiger partial charge in [-0.05, 0) is 50.0 Å². The number of aliphatic hydroxyl groups is 3. The summed E-state index contributed by atoms with van der Waals surface area (Å²) in [5.41, 5.74) is -1.54. The van der Waals surface area contributed by atoms with Crippen LogP contribution in [0.4, 0.5) is 0 Å². The maximum atomic E-state index is 13.6. The van der Waals surface area contributed by atoms with Crippen molar-refractivity contribution in [1.29, 1.82) is 0 Å². The van der Waals surface area contributed by atoms with Gasteiger partial charge in [0.15, 0.2) is 0 Å². The van der Waals surface area contributed by atoms with E-state index in [0.29, 0.717) is 12.8 Å². The first-order chi connectivity index (χ1) is 15.9. The van der Waals surface area contributed by atoms with Crippen LogP contribution in [0.5, 0.6) is 0 Å². The van der Waals surface area contributed by atoms with Crippen molar-refractivity contribution >= 4 is 17.5 Å². The van der Waals surface area contributed by atoms with Gasteiger partial charge in [-0.15, -0.1) is 0 Å². The number of rotatable bonds is 3. The lowest BCUT2D eigenvalue weighted by Gasteiger charge is -2.52. The molecule has 4 aliphatic carbocycles. The van der Waals surface area contributed by atoms with Gasteiger partial charge < -0.3 is 20.1 Å². The molecule has 1 aliphatic heterocycles. The van der Waals surface area contributed by atoms with Crippen LogP contribution in [0.15, 0.2) is 23.8 Å². The third-order valence-electron chi connectivity index (χ3n) is 10.3. The molecule has 0 spiro atoms. The van der Waals surface area contributed by atoms with E-state index in [1.54, 1.807) is 13.8 Å². The molecule has 0 aromatic heterocycles. The quantitative estimate of drug-likeness (QED) is 0.537. The smallest absolute Gasteiger partial charge is 0.309 e. The number of ketones is 2. The minimum Gasteiger partial charge on any atom is -0.459 e. The van der Waals surface area contributed by atoms with Crippen molar-refractivity contribution in [3.63, 3.8) is 0 Å². The molecule has 1 heterocycles. The molecule has 3 N–H and O–H groups in total. The van der Waals surface area contributed by atoms with Gasteiger partial charge in [0, 0.05) is 30.6 Å². The fourth-order valence-electron chi connectivity index (χ4n) is 8.02. The van der Waals surface area contributed by atoms with Crippen LogP contribution < -0.4 is 0 Å². The molecule has 0 aromatic carbocycles. The summed E-state index contributed by atoms with van der Waals surface area (Å²) in [6.45, 7) is 6.93. The lowest BCUT2D eigenvalue weighted by molar-refractivity contribution is -0.185. The highest BCUT2D eigenvalue weighted by Crippen LogP contribution is 2.61. The van der Waals surface area contributed by atoms with E-state index in [0.717, 1.165) is 12.0 Å². The highest BCUT2D eigenvalue weighted by Gasteiger charge is 2.65. The summed E-state index contributed by atoms with van der Waals surface area (Å²) >= 11 is 0. The second-order valence-electron chi connectivity index (χ2n) is 11.8. The predicted octanol–water partition coefficient (Wildman–Crippen LogP) is 1.98. The topological polar surface area (TPSA) is 121 Å². The molecule has 5 aliphatic rings. The van der Waals surface area contributed by atoms with Crippen LogP contribution in [-0.2, 0) is 19.1 Å². The number of Topliss-reactive ketones (excluding diaryl/α,β-unsaturated/α-hetero) is 2. The zero-order valence-corrected chi connectivity index (χ0v) is 20.3. The number of ether oxygens (including phenoxy) is 1. The molecule has 0 radical (unpaired) electrons. The fourth-order valence-corrected chi connectivity index (χ4v) is 8.02. The van der Waals surface area contributed by atoms with Gasteiger partial charge in [-0.1, -0.05) is 32.1 Å². The Morgan fingerprint density at radius 3 is 2.56 bits per heavy atom. The van der Waals surface area contributed by atoms with Crippen molar-refractivity contribution in [2.45, 2.75) is 77.3 Å². The predicted molar refractivity (Wildman–Crippen MR) is 122 cm³/mol. The van der Waals surface area contributed by atoms with Crippen molar-refractivity contribution in [3.8, 4) is 0 Å². The van der Waals surface area contributed by atoms with E-state index in [1.807, 2.05) is 19.1 Å². The van der Waals surface area contributed by atoms with E-state index in [1.165, 1.54) is 6.92 Å². The standard InChI is InChI=1S/C27H36O7/c1-12-13(2)25(32)34-23(12)24(31)27(4,33)22-19(29)10-16-15-9-8-14-6-5-7-20(30)26(14,3)17(15)11-18(28)21(16)22/h5-6,8,12-13,15-17,19,21-24,29,31,33H,7,9-11H2,1-4H3/t12-,13-,15+,16+,17+,19+,21-,22+,23-,24+,26+,27-/m1/s1. The van der Waals surface area contributed by atoms with Crippen LogP contribution in [0.2, 0.25) is 0 Å². The van der Waals surface area contributed by atoms with Crippen molar-refractivity contribution in [2.24, 2.45) is 46.8 Å². The number of cyclic esters (lactones) is 1. The SMILES string of the molecule is C[C@H]1[C@H]([C@H](O)[C@](C)(O)[C@@H]2[C@H]3C(=O)C[C@H]4[C@@H](CC=C5C=CCC(=O)[C@@]54C)[C@@H]3C[C@@H]2O)OC(=O)[C@@H]1C. The number of esters is 1. The molecule has 34 heavy (non-hydrogen) atoms. The van der Waals surface area contributed by atoms with Gasteiger partial charge in [0.2, 0.25) is 0 Å². The molecule has 5 rings (SSSR count). The maximum absolute atomic E-state index is 13.6. The minimum atomic E-state index is -1.83. The summed E-state index contributed by atoms with van der Waals surface area (Å²) in [7, 11) is 0. The molecule has 0 amide bonds. The van der Waals surface area contributed by atoms with Gasteiger partial charge in [-0.2, -0.15) is 0 Å². The van der Waals surface area contributed by atoms with Crippen LogP contribution in [0, 0.1) is 46.8 Å². The van der Waals surface area contributed by atoms with E-state index in [-0.39, 0.29) is 41.7 Å². The fraction of sp³-hybridized carbons (Fsp3) is 0.741. The third-order valence-corrected chi connectivity index (χ3v) is 10.3. The molecule has 186 valence electrons. The summed E-state index contributed by atoms with van der Waals surface area (Å²) < 4.78 is 5.39. The molecule has 0 unspecified atom stereocenters. The van der Waals surface area contributed by atoms with Gasteiger partial charge >= 0.3 is 5.97 Å². The van der Waals surface area contributed by atoms with E-state index in [4.69, 9.17) is 4.74 Å². The summed E-state index contributed by atoms with van der Waals surface area (Å²) in [5.74, 6) is -2.80. The van der Waals surface area contributed by atoms with E-state index < -0.39 is 53.1 Å². The Morgan fingerprint density at radius 1 is 1.21 bits per heavy atom. The van der Waals surface area contributed by atoms with Crippen LogP contribution >= 0.6 is 0 Å². The van der Waals surface area contributed by atoms with E-state index in [9.17, 15) is 29.7 Å². The van der Waals surface area contributed by atoms with Crippen molar-refractivity contribution in [2.75, 3.05) is 0 Å². The number of hydrogen-bond donors (Lipinski definition) is 3. The molecule has 0 aromatic rings. The number of allylic oxidation sites excluding steroid dienone is 4. The van der Waals surface area contributed by atoms with Crippen molar-refractivity contribution in [1.82, 2.24) is 0 Å². The monoisotopic (exact) mass is 472 g/mol. The summed E-state index contributed by atoms with van der Waals surface area (Å²) in [4.78, 5) is 38.7. The first-order valence-corrected chi connectivity index (χ1v) is 12.6. The minimum absolute atomic E-state index is 0.0442. The Hall–Kier alpha value is -1.83. The number of carbonyl (C=O) groups excluding carboxylic acids is 3. The van der Waals surface area contributed by atoms with Crippen LogP contribution in [0.1, 0.15) is 53.4 Å². The molecule has 1 saturated heterocycles. The van der Waals surface area contributed by atoms with Crippen LogP contribution in [-0.4, -0.2) is 56.8 Å². The number of carbonyl (C=O) groups is 3. The van der Waals surface area contributed by atoms with Gasteiger partial charge in [-0.25, -0.2) is 0 Å². The Kier molecular flexibility index (Phi) is 5.51. The molecule has 7 nitrogen and oxygen atoms in total. The first kappa shape index (κ1) is 23.9. The summed E-state index contributed by atoms with van der Waals surface area (Å²) in [6.07, 6.45) is 4.33. The number of aliphatic hydroxyl groups excluding tert-OH is 2. The van der Waals surface area contributed by atoms with Gasteiger partial charge in [-0.3, -0.25) is 14.4 Å². The van der Waals surface area contributed by atoms with Gasteiger partial charge in [0.1, 0.15) is 23.8 Å². The third kappa shape index (κ3) is 3.09. The average Bonchev–Trinajstić information content (AvgIpc) is 3.27. The largest absolute Gasteiger partial charge is 0.459 e. The van der Waals surface area contributed by atoms with Crippen molar-refractivity contribution < 1.29 is 34.4 Å². The molecule has 12 atom stereocenters. The number of hydrogen-bond acceptors (Lipinski definition) is 7. The zero-order chi connectivity index (χ0) is 24.7. The zero-order valence-electron chi connectivity index (χ0n) is 20.3. The molecular weight excluding hydrogens is 436 g/mol. The molecule has 7 heteroatoms. The Labute approximate surface area is 200 Å². The van der Waals surface area contributed by atoms with E-state index in [2.05, 4.69) is 6.08 Å². The molecule has 2 saturated carbocycles. The normalized spacial score (nSPS) is 48.4. The molecule has 0 bridgehead atoms. The molecular formula is C27H36O7. The average molecular weight is 473 g/mol. The van der Waals surface area contributed by atoms with E-state index >= 15 is 0 Å². The second-order valence-corrected chi connectivity index (χ2v) is 11.8. The van der Waals surface area contributed by atoms with Gasteiger partial charge in [0.25, 0.3) is 0 Å². The lowest BCUT2D eigenvalue weighted by atomic mass is 9.50. The Bertz CT molecular complexity index is 979. The molecule has 3 fully saturated rings. The van der Waals surface area contributed by atoms with Crippen LogP contribution in [0.3, 0.4) is 0 Å². The van der Waals surface area contributed by atoms with Crippen LogP contribution in [0.25, 0.3) is 0 Å².